The van der Waals surface area contributed by atoms with Crippen molar-refractivity contribution < 1.29 is 9.53 Å². The monoisotopic (exact) mass is 451 g/mol. The summed E-state index contributed by atoms with van der Waals surface area (Å²) >= 11 is 0. The van der Waals surface area contributed by atoms with E-state index in [0.717, 1.165) is 83.0 Å². The first-order valence-electron chi connectivity index (χ1n) is 12.2. The summed E-state index contributed by atoms with van der Waals surface area (Å²) in [6.45, 7) is 11.3. The Bertz CT molecular complexity index is 846. The van der Waals surface area contributed by atoms with Crippen LogP contribution in [0.2, 0.25) is 0 Å². The quantitative estimate of drug-likeness (QED) is 0.543. The van der Waals surface area contributed by atoms with Crippen LogP contribution in [-0.4, -0.2) is 82.6 Å². The molecule has 33 heavy (non-hydrogen) atoms. The fraction of sp³-hybridized carbons (Fsp3) is 0.577. The van der Waals surface area contributed by atoms with E-state index < -0.39 is 0 Å². The Kier molecular flexibility index (Phi) is 8.56. The average molecular weight is 452 g/mol. The number of aryl methyl sites for hydroxylation is 2. The molecular formula is C26H37N5O2. The van der Waals surface area contributed by atoms with Gasteiger partial charge in [-0.1, -0.05) is 12.1 Å². The van der Waals surface area contributed by atoms with Gasteiger partial charge in [-0.2, -0.15) is 0 Å². The zero-order valence-electron chi connectivity index (χ0n) is 20.0. The van der Waals surface area contributed by atoms with Gasteiger partial charge in [0.15, 0.2) is 0 Å². The van der Waals surface area contributed by atoms with E-state index in [2.05, 4.69) is 50.6 Å². The van der Waals surface area contributed by atoms with E-state index in [1.807, 2.05) is 24.5 Å². The van der Waals surface area contributed by atoms with Crippen LogP contribution >= 0.6 is 0 Å². The molecule has 0 radical (unpaired) electrons. The Morgan fingerprint density at radius 1 is 0.970 bits per heavy atom. The van der Waals surface area contributed by atoms with Gasteiger partial charge in [0, 0.05) is 64.1 Å². The lowest BCUT2D eigenvalue weighted by atomic mass is 10.00. The maximum atomic E-state index is 11.4. The zero-order valence-corrected chi connectivity index (χ0v) is 20.0. The maximum absolute atomic E-state index is 11.4. The van der Waals surface area contributed by atoms with E-state index in [1.165, 1.54) is 11.1 Å². The molecule has 1 atom stereocenters. The topological polar surface area (TPSA) is 61.8 Å². The van der Waals surface area contributed by atoms with Gasteiger partial charge in [-0.3, -0.25) is 24.7 Å². The third-order valence-corrected chi connectivity index (χ3v) is 7.15. The molecule has 0 aliphatic carbocycles. The molecule has 7 heteroatoms. The van der Waals surface area contributed by atoms with Crippen molar-refractivity contribution in [2.75, 3.05) is 39.4 Å². The summed E-state index contributed by atoms with van der Waals surface area (Å²) in [5, 5.41) is 0. The van der Waals surface area contributed by atoms with E-state index in [0.29, 0.717) is 12.5 Å². The molecule has 2 aromatic heterocycles. The van der Waals surface area contributed by atoms with Crippen molar-refractivity contribution >= 4 is 6.29 Å². The van der Waals surface area contributed by atoms with Crippen molar-refractivity contribution in [3.8, 4) is 0 Å². The molecule has 2 saturated heterocycles. The Balaban J connectivity index is 1.46. The van der Waals surface area contributed by atoms with Gasteiger partial charge < -0.3 is 9.53 Å². The zero-order chi connectivity index (χ0) is 23.0. The number of morpholine rings is 1. The second-order valence-corrected chi connectivity index (χ2v) is 9.24. The van der Waals surface area contributed by atoms with Crippen molar-refractivity contribution in [1.29, 1.82) is 0 Å². The summed E-state index contributed by atoms with van der Waals surface area (Å²) in [4.78, 5) is 28.3. The van der Waals surface area contributed by atoms with Crippen LogP contribution in [-0.2, 0) is 22.6 Å². The Labute approximate surface area is 197 Å². The first kappa shape index (κ1) is 24.0. The molecule has 178 valence electrons. The lowest BCUT2D eigenvalue weighted by Gasteiger charge is -2.45. The lowest BCUT2D eigenvalue weighted by Crippen LogP contribution is -2.56. The van der Waals surface area contributed by atoms with Gasteiger partial charge >= 0.3 is 0 Å². The second-order valence-electron chi connectivity index (χ2n) is 9.24. The highest BCUT2D eigenvalue weighted by atomic mass is 16.5. The normalized spacial score (nSPS) is 19.6. The van der Waals surface area contributed by atoms with Crippen LogP contribution in [0.4, 0.5) is 0 Å². The van der Waals surface area contributed by atoms with Crippen LogP contribution in [0.1, 0.15) is 41.8 Å². The van der Waals surface area contributed by atoms with Crippen LogP contribution in [0, 0.1) is 13.8 Å². The van der Waals surface area contributed by atoms with Crippen molar-refractivity contribution in [2.24, 2.45) is 0 Å². The van der Waals surface area contributed by atoms with Crippen molar-refractivity contribution in [3.05, 3.63) is 59.2 Å². The fourth-order valence-electron chi connectivity index (χ4n) is 5.11. The van der Waals surface area contributed by atoms with Crippen LogP contribution in [0.15, 0.2) is 36.7 Å². The van der Waals surface area contributed by atoms with Gasteiger partial charge in [0.2, 0.25) is 0 Å². The smallest absolute Gasteiger partial charge is 0.122 e. The molecule has 0 N–H and O–H groups in total. The van der Waals surface area contributed by atoms with E-state index in [-0.39, 0.29) is 6.17 Å². The van der Waals surface area contributed by atoms with Gasteiger partial charge in [0.25, 0.3) is 0 Å². The van der Waals surface area contributed by atoms with Gasteiger partial charge in [-0.05, 0) is 49.9 Å². The van der Waals surface area contributed by atoms with E-state index in [1.54, 1.807) is 0 Å². The average Bonchev–Trinajstić information content (AvgIpc) is 2.85. The van der Waals surface area contributed by atoms with Crippen LogP contribution < -0.4 is 0 Å². The van der Waals surface area contributed by atoms with Crippen LogP contribution in [0.5, 0.6) is 0 Å². The number of carbonyl (C=O) groups excluding carboxylic acids is 1. The number of aromatic nitrogens is 2. The highest BCUT2D eigenvalue weighted by Gasteiger charge is 2.32. The van der Waals surface area contributed by atoms with Gasteiger partial charge in [-0.15, -0.1) is 0 Å². The standard InChI is InChI=1S/C26H37N5O2/c1-21-5-3-10-27-24(21)19-31(20-25-22(2)6-4-11-28-25)23-7-12-29(13-8-23)26(9-16-32)30-14-17-33-18-15-30/h3-6,10-11,16,23,26H,7-9,12-15,17-20H2,1-2H3. The molecule has 2 aliphatic rings. The minimum absolute atomic E-state index is 0.192. The summed E-state index contributed by atoms with van der Waals surface area (Å²) in [5.74, 6) is 0. The number of hydrogen-bond donors (Lipinski definition) is 0. The molecule has 2 fully saturated rings. The Morgan fingerprint density at radius 2 is 1.52 bits per heavy atom. The first-order chi connectivity index (χ1) is 16.2. The van der Waals surface area contributed by atoms with Crippen LogP contribution in [0.25, 0.3) is 0 Å². The Morgan fingerprint density at radius 3 is 2.03 bits per heavy atom. The number of nitrogens with zero attached hydrogens (tertiary/aromatic N) is 5. The summed E-state index contributed by atoms with van der Waals surface area (Å²) in [6, 6.07) is 8.75. The van der Waals surface area contributed by atoms with Gasteiger partial charge in [-0.25, -0.2) is 0 Å². The largest absolute Gasteiger partial charge is 0.379 e. The molecule has 7 nitrogen and oxygen atoms in total. The summed E-state index contributed by atoms with van der Waals surface area (Å²) in [5.41, 5.74) is 4.74. The summed E-state index contributed by atoms with van der Waals surface area (Å²) < 4.78 is 5.53. The number of ether oxygens (including phenoxy) is 1. The number of pyridine rings is 2. The SMILES string of the molecule is Cc1cccnc1CN(Cc1ncccc1C)C1CCN(C(CC=O)N2CCOCC2)CC1. The molecule has 2 aliphatic heterocycles. The molecule has 4 rings (SSSR count). The predicted molar refractivity (Wildman–Crippen MR) is 129 cm³/mol. The van der Waals surface area contributed by atoms with Crippen molar-refractivity contribution in [3.63, 3.8) is 0 Å². The number of carbonyl (C=O) groups is 1. The third-order valence-electron chi connectivity index (χ3n) is 7.15. The Hall–Kier alpha value is -2.19. The lowest BCUT2D eigenvalue weighted by molar-refractivity contribution is -0.113. The molecule has 4 heterocycles. The van der Waals surface area contributed by atoms with Gasteiger partial charge in [0.05, 0.1) is 30.8 Å². The summed E-state index contributed by atoms with van der Waals surface area (Å²) in [7, 11) is 0. The van der Waals surface area contributed by atoms with Crippen LogP contribution in [0.3, 0.4) is 0 Å². The minimum Gasteiger partial charge on any atom is -0.379 e. The van der Waals surface area contributed by atoms with Crippen molar-refractivity contribution in [2.45, 2.75) is 58.4 Å². The molecule has 0 amide bonds. The molecule has 0 bridgehead atoms. The number of piperidine rings is 1. The number of aldehydes is 1. The van der Waals surface area contributed by atoms with Gasteiger partial charge in [0.1, 0.15) is 6.29 Å². The highest BCUT2D eigenvalue weighted by molar-refractivity contribution is 5.50. The molecule has 1 unspecified atom stereocenters. The molecular weight excluding hydrogens is 414 g/mol. The number of hydrogen-bond acceptors (Lipinski definition) is 7. The second kappa shape index (κ2) is 11.8. The predicted octanol–water partition coefficient (Wildman–Crippen LogP) is 2.81. The van der Waals surface area contributed by atoms with E-state index >= 15 is 0 Å². The summed E-state index contributed by atoms with van der Waals surface area (Å²) in [6.07, 6.45) is 7.77. The number of rotatable bonds is 9. The maximum Gasteiger partial charge on any atom is 0.122 e. The van der Waals surface area contributed by atoms with E-state index in [4.69, 9.17) is 4.74 Å². The highest BCUT2D eigenvalue weighted by Crippen LogP contribution is 2.25. The third kappa shape index (κ3) is 6.23. The molecule has 2 aromatic rings. The molecule has 0 aromatic carbocycles. The minimum atomic E-state index is 0.192. The molecule has 0 saturated carbocycles. The first-order valence-corrected chi connectivity index (χ1v) is 12.2. The fourth-order valence-corrected chi connectivity index (χ4v) is 5.11. The van der Waals surface area contributed by atoms with E-state index in [9.17, 15) is 4.79 Å². The molecule has 0 spiro atoms. The number of likely N-dealkylation sites (tertiary alicyclic amines) is 1. The van der Waals surface area contributed by atoms with Crippen molar-refractivity contribution in [1.82, 2.24) is 24.7 Å².